The standard InChI is InChI=1S/C18H21Cl2N3O4S2/c1-12-14(13(2)27-21-12)10-28-11-17(24)22-6-8-23(9-7-22)29(25,26)16-5-3-4-15(19)18(16)20/h3-5H,6-11H2,1-2H3. The van der Waals surface area contributed by atoms with E-state index in [4.69, 9.17) is 27.7 Å². The van der Waals surface area contributed by atoms with E-state index in [1.165, 1.54) is 22.1 Å². The number of halogens is 2. The third kappa shape index (κ3) is 4.91. The summed E-state index contributed by atoms with van der Waals surface area (Å²) in [6.45, 7) is 4.82. The van der Waals surface area contributed by atoms with Gasteiger partial charge in [-0.2, -0.15) is 4.31 Å². The van der Waals surface area contributed by atoms with Gasteiger partial charge in [-0.25, -0.2) is 8.42 Å². The van der Waals surface area contributed by atoms with Crippen molar-refractivity contribution in [1.29, 1.82) is 0 Å². The van der Waals surface area contributed by atoms with Gasteiger partial charge in [0.2, 0.25) is 15.9 Å². The number of thioether (sulfide) groups is 1. The molecule has 11 heteroatoms. The second kappa shape index (κ2) is 9.26. The van der Waals surface area contributed by atoms with Gasteiger partial charge >= 0.3 is 0 Å². The average molecular weight is 478 g/mol. The van der Waals surface area contributed by atoms with Gasteiger partial charge in [-0.3, -0.25) is 4.79 Å². The molecule has 0 saturated carbocycles. The summed E-state index contributed by atoms with van der Waals surface area (Å²) in [5.74, 6) is 1.71. The molecule has 1 aromatic heterocycles. The normalized spacial score (nSPS) is 15.7. The first kappa shape index (κ1) is 22.4. The molecule has 1 aromatic carbocycles. The third-order valence-corrected chi connectivity index (χ3v) is 8.59. The van der Waals surface area contributed by atoms with E-state index >= 15 is 0 Å². The molecule has 0 spiro atoms. The Morgan fingerprint density at radius 1 is 1.21 bits per heavy atom. The zero-order chi connectivity index (χ0) is 21.2. The molecule has 3 rings (SSSR count). The van der Waals surface area contributed by atoms with Gasteiger partial charge in [0.05, 0.1) is 21.5 Å². The number of piperazine rings is 1. The molecule has 1 amide bonds. The van der Waals surface area contributed by atoms with Crippen LogP contribution in [0.1, 0.15) is 17.0 Å². The Balaban J connectivity index is 1.54. The molecule has 1 saturated heterocycles. The Kier molecular flexibility index (Phi) is 7.16. The molecular formula is C18H21Cl2N3O4S2. The van der Waals surface area contributed by atoms with Gasteiger partial charge in [-0.15, -0.1) is 11.8 Å². The lowest BCUT2D eigenvalue weighted by Gasteiger charge is -2.34. The number of aromatic nitrogens is 1. The van der Waals surface area contributed by atoms with Crippen molar-refractivity contribution >= 4 is 50.9 Å². The molecule has 0 bridgehead atoms. The van der Waals surface area contributed by atoms with E-state index in [1.807, 2.05) is 13.8 Å². The lowest BCUT2D eigenvalue weighted by atomic mass is 10.2. The number of hydrogen-bond donors (Lipinski definition) is 0. The fourth-order valence-corrected chi connectivity index (χ4v) is 6.27. The summed E-state index contributed by atoms with van der Waals surface area (Å²) in [5.41, 5.74) is 1.85. The summed E-state index contributed by atoms with van der Waals surface area (Å²) in [6, 6.07) is 4.53. The van der Waals surface area contributed by atoms with Crippen molar-refractivity contribution in [2.24, 2.45) is 0 Å². The lowest BCUT2D eigenvalue weighted by Crippen LogP contribution is -2.51. The third-order valence-electron chi connectivity index (χ3n) is 4.78. The molecule has 0 unspecified atom stereocenters. The van der Waals surface area contributed by atoms with Gasteiger partial charge in [0, 0.05) is 37.5 Å². The topological polar surface area (TPSA) is 83.7 Å². The first-order chi connectivity index (χ1) is 13.7. The van der Waals surface area contributed by atoms with Crippen LogP contribution in [0.2, 0.25) is 10.0 Å². The van der Waals surface area contributed by atoms with E-state index in [1.54, 1.807) is 17.0 Å². The summed E-state index contributed by atoms with van der Waals surface area (Å²) in [6.07, 6.45) is 0. The Morgan fingerprint density at radius 2 is 1.90 bits per heavy atom. The Morgan fingerprint density at radius 3 is 2.52 bits per heavy atom. The Hall–Kier alpha value is -1.26. The molecule has 0 radical (unpaired) electrons. The molecule has 0 atom stereocenters. The van der Waals surface area contributed by atoms with Gasteiger partial charge in [0.15, 0.2) is 0 Å². The zero-order valence-electron chi connectivity index (χ0n) is 16.0. The maximum absolute atomic E-state index is 12.9. The highest BCUT2D eigenvalue weighted by atomic mass is 35.5. The van der Waals surface area contributed by atoms with Crippen LogP contribution in [0.4, 0.5) is 0 Å². The molecular weight excluding hydrogens is 457 g/mol. The summed E-state index contributed by atoms with van der Waals surface area (Å²) in [4.78, 5) is 14.2. The van der Waals surface area contributed by atoms with Crippen molar-refractivity contribution in [1.82, 2.24) is 14.4 Å². The van der Waals surface area contributed by atoms with E-state index < -0.39 is 10.0 Å². The van der Waals surface area contributed by atoms with Crippen molar-refractivity contribution in [2.75, 3.05) is 31.9 Å². The fourth-order valence-electron chi connectivity index (χ4n) is 3.04. The Labute approximate surface area is 184 Å². The largest absolute Gasteiger partial charge is 0.361 e. The second-order valence-corrected chi connectivity index (χ2v) is 10.3. The number of rotatable bonds is 6. The number of carbonyl (C=O) groups excluding carboxylic acids is 1. The summed E-state index contributed by atoms with van der Waals surface area (Å²) in [7, 11) is -3.76. The first-order valence-electron chi connectivity index (χ1n) is 8.93. The molecule has 0 aliphatic carbocycles. The van der Waals surface area contributed by atoms with Crippen LogP contribution in [-0.4, -0.2) is 60.6 Å². The summed E-state index contributed by atoms with van der Waals surface area (Å²) < 4.78 is 32.2. The van der Waals surface area contributed by atoms with E-state index in [9.17, 15) is 13.2 Å². The van der Waals surface area contributed by atoms with Crippen molar-refractivity contribution in [3.05, 3.63) is 45.3 Å². The minimum atomic E-state index is -3.76. The van der Waals surface area contributed by atoms with E-state index in [0.717, 1.165) is 17.0 Å². The number of benzene rings is 1. The maximum atomic E-state index is 12.9. The highest BCUT2D eigenvalue weighted by Crippen LogP contribution is 2.31. The predicted molar refractivity (Wildman–Crippen MR) is 114 cm³/mol. The number of carbonyl (C=O) groups is 1. The van der Waals surface area contributed by atoms with Crippen LogP contribution in [-0.2, 0) is 20.6 Å². The van der Waals surface area contributed by atoms with Crippen LogP contribution in [0.5, 0.6) is 0 Å². The van der Waals surface area contributed by atoms with Gasteiger partial charge < -0.3 is 9.42 Å². The van der Waals surface area contributed by atoms with E-state index in [-0.39, 0.29) is 33.9 Å². The quantitative estimate of drug-likeness (QED) is 0.633. The van der Waals surface area contributed by atoms with Gasteiger partial charge in [0.1, 0.15) is 10.7 Å². The smallest absolute Gasteiger partial charge is 0.244 e. The molecule has 0 N–H and O–H groups in total. The molecule has 2 aromatic rings. The molecule has 7 nitrogen and oxygen atoms in total. The number of sulfonamides is 1. The molecule has 1 aliphatic rings. The Bertz CT molecular complexity index is 983. The van der Waals surface area contributed by atoms with Crippen LogP contribution < -0.4 is 0 Å². The summed E-state index contributed by atoms with van der Waals surface area (Å²) >= 11 is 13.5. The van der Waals surface area contributed by atoms with Crippen molar-refractivity contribution in [3.63, 3.8) is 0 Å². The number of nitrogens with zero attached hydrogens (tertiary/aromatic N) is 3. The number of hydrogen-bond acceptors (Lipinski definition) is 6. The molecule has 29 heavy (non-hydrogen) atoms. The van der Waals surface area contributed by atoms with Crippen LogP contribution in [0.3, 0.4) is 0 Å². The van der Waals surface area contributed by atoms with Crippen molar-refractivity contribution in [3.8, 4) is 0 Å². The van der Waals surface area contributed by atoms with Crippen molar-refractivity contribution < 1.29 is 17.7 Å². The highest BCUT2D eigenvalue weighted by molar-refractivity contribution is 7.99. The van der Waals surface area contributed by atoms with Crippen LogP contribution >= 0.6 is 35.0 Å². The first-order valence-corrected chi connectivity index (χ1v) is 12.3. The molecule has 1 fully saturated rings. The maximum Gasteiger partial charge on any atom is 0.244 e. The monoisotopic (exact) mass is 477 g/mol. The number of amides is 1. The zero-order valence-corrected chi connectivity index (χ0v) is 19.2. The minimum absolute atomic E-state index is 0.0125. The van der Waals surface area contributed by atoms with E-state index in [0.29, 0.717) is 24.6 Å². The SMILES string of the molecule is Cc1noc(C)c1CSCC(=O)N1CCN(S(=O)(=O)c2cccc(Cl)c2Cl)CC1. The van der Waals surface area contributed by atoms with Gasteiger partial charge in [-0.05, 0) is 26.0 Å². The van der Waals surface area contributed by atoms with E-state index in [2.05, 4.69) is 5.16 Å². The fraction of sp³-hybridized carbons (Fsp3) is 0.444. The predicted octanol–water partition coefficient (Wildman–Crippen LogP) is 3.36. The van der Waals surface area contributed by atoms with Crippen LogP contribution in [0.15, 0.2) is 27.6 Å². The highest BCUT2D eigenvalue weighted by Gasteiger charge is 2.31. The van der Waals surface area contributed by atoms with Crippen LogP contribution in [0.25, 0.3) is 0 Å². The molecule has 2 heterocycles. The second-order valence-electron chi connectivity index (χ2n) is 6.63. The lowest BCUT2D eigenvalue weighted by molar-refractivity contribution is -0.129. The molecule has 158 valence electrons. The van der Waals surface area contributed by atoms with Gasteiger partial charge in [0.25, 0.3) is 0 Å². The molecule has 1 aliphatic heterocycles. The minimum Gasteiger partial charge on any atom is -0.361 e. The average Bonchev–Trinajstić information content (AvgIpc) is 3.02. The van der Waals surface area contributed by atoms with Crippen LogP contribution in [0, 0.1) is 13.8 Å². The summed E-state index contributed by atoms with van der Waals surface area (Å²) in [5, 5.41) is 4.12. The van der Waals surface area contributed by atoms with Crippen molar-refractivity contribution in [2.45, 2.75) is 24.5 Å². The van der Waals surface area contributed by atoms with Gasteiger partial charge in [-0.1, -0.05) is 34.4 Å². The number of aryl methyl sites for hydroxylation is 2.